The molecule has 192 valence electrons. The van der Waals surface area contributed by atoms with Crippen molar-refractivity contribution in [3.05, 3.63) is 70.1 Å². The van der Waals surface area contributed by atoms with Crippen molar-refractivity contribution < 1.29 is 31.9 Å². The third-order valence-corrected chi connectivity index (χ3v) is 6.00. The van der Waals surface area contributed by atoms with E-state index in [4.69, 9.17) is 0 Å². The van der Waals surface area contributed by atoms with Gasteiger partial charge in [-0.3, -0.25) is 19.1 Å². The van der Waals surface area contributed by atoms with Crippen LogP contribution in [0.3, 0.4) is 0 Å². The molecule has 0 saturated carbocycles. The molecule has 0 bridgehead atoms. The Morgan fingerprint density at radius 2 is 1.67 bits per heavy atom. The van der Waals surface area contributed by atoms with Crippen LogP contribution in [-0.2, 0) is 30.6 Å². The van der Waals surface area contributed by atoms with Crippen molar-refractivity contribution in [2.45, 2.75) is 39.4 Å². The lowest BCUT2D eigenvalue weighted by Crippen LogP contribution is -2.45. The van der Waals surface area contributed by atoms with Crippen molar-refractivity contribution in [2.75, 3.05) is 5.32 Å². The molecule has 3 rings (SSSR count). The lowest BCUT2D eigenvalue weighted by Gasteiger charge is -2.26. The van der Waals surface area contributed by atoms with Gasteiger partial charge in [0.15, 0.2) is 0 Å². The molecule has 0 aliphatic heterocycles. The van der Waals surface area contributed by atoms with E-state index in [1.54, 1.807) is 37.8 Å². The third kappa shape index (κ3) is 4.88. The number of benzene rings is 1. The van der Waals surface area contributed by atoms with Crippen molar-refractivity contribution >= 4 is 23.3 Å². The highest BCUT2D eigenvalue weighted by atomic mass is 19.4. The highest BCUT2D eigenvalue weighted by Gasteiger charge is 2.35. The number of aryl methyl sites for hydroxylation is 1. The van der Waals surface area contributed by atoms with Crippen LogP contribution in [-0.4, -0.2) is 31.9 Å². The standard InChI is InChI=1S/C24H25F4N5O3/c1-12-18(20(34)22(36)31-23(3,4)17-9-10-29-33(17)6)13(2)32(5)19(12)21(35)30-14-7-8-16(25)15(11-14)24(26,27)28/h7-11H,1-6H3,(H,30,35)(H,31,36). The second-order valence-corrected chi connectivity index (χ2v) is 8.89. The molecule has 0 fully saturated rings. The van der Waals surface area contributed by atoms with Crippen LogP contribution < -0.4 is 10.6 Å². The molecule has 0 atom stereocenters. The van der Waals surface area contributed by atoms with Crippen molar-refractivity contribution in [3.8, 4) is 0 Å². The molecule has 2 amide bonds. The Bertz CT molecular complexity index is 1370. The monoisotopic (exact) mass is 507 g/mol. The van der Waals surface area contributed by atoms with Crippen molar-refractivity contribution in [2.24, 2.45) is 14.1 Å². The number of rotatable bonds is 6. The second-order valence-electron chi connectivity index (χ2n) is 8.89. The van der Waals surface area contributed by atoms with Crippen LogP contribution in [0.2, 0.25) is 0 Å². The fraction of sp³-hybridized carbons (Fsp3) is 0.333. The quantitative estimate of drug-likeness (QED) is 0.299. The Labute approximate surface area is 204 Å². The number of Topliss-reactive ketones (excluding diaryl/α,β-unsaturated/α-hetero) is 1. The first-order valence-corrected chi connectivity index (χ1v) is 10.8. The van der Waals surface area contributed by atoms with Gasteiger partial charge < -0.3 is 15.2 Å². The molecule has 0 spiro atoms. The molecule has 1 aromatic carbocycles. The normalized spacial score (nSPS) is 11.9. The zero-order valence-corrected chi connectivity index (χ0v) is 20.5. The lowest BCUT2D eigenvalue weighted by molar-refractivity contribution is -0.140. The first-order valence-electron chi connectivity index (χ1n) is 10.8. The molecular formula is C24H25F4N5O3. The van der Waals surface area contributed by atoms with E-state index in [1.165, 1.54) is 25.5 Å². The van der Waals surface area contributed by atoms with Gasteiger partial charge in [-0.05, 0) is 57.5 Å². The van der Waals surface area contributed by atoms with Crippen LogP contribution in [0.15, 0.2) is 30.5 Å². The minimum absolute atomic E-state index is 0.00366. The summed E-state index contributed by atoms with van der Waals surface area (Å²) in [6, 6.07) is 3.78. The van der Waals surface area contributed by atoms with Crippen LogP contribution in [0.1, 0.15) is 57.2 Å². The summed E-state index contributed by atoms with van der Waals surface area (Å²) < 4.78 is 55.6. The highest BCUT2D eigenvalue weighted by molar-refractivity contribution is 6.43. The summed E-state index contributed by atoms with van der Waals surface area (Å²) in [4.78, 5) is 38.9. The van der Waals surface area contributed by atoms with E-state index in [2.05, 4.69) is 15.7 Å². The van der Waals surface area contributed by atoms with Crippen LogP contribution in [0.4, 0.5) is 23.2 Å². The van der Waals surface area contributed by atoms with Crippen LogP contribution >= 0.6 is 0 Å². The summed E-state index contributed by atoms with van der Waals surface area (Å²) in [7, 11) is 3.18. The minimum Gasteiger partial charge on any atom is -0.343 e. The maximum absolute atomic E-state index is 13.6. The molecule has 0 aliphatic rings. The zero-order chi connectivity index (χ0) is 27.2. The number of ketones is 1. The van der Waals surface area contributed by atoms with Crippen LogP contribution in [0.25, 0.3) is 0 Å². The number of nitrogens with zero attached hydrogens (tertiary/aromatic N) is 3. The summed E-state index contributed by atoms with van der Waals surface area (Å²) >= 11 is 0. The molecule has 2 N–H and O–H groups in total. The predicted molar refractivity (Wildman–Crippen MR) is 123 cm³/mol. The molecule has 3 aromatic rings. The first kappa shape index (κ1) is 26.6. The number of nitrogens with one attached hydrogen (secondary N) is 2. The van der Waals surface area contributed by atoms with E-state index in [-0.39, 0.29) is 22.5 Å². The second kappa shape index (κ2) is 9.25. The Hall–Kier alpha value is -3.96. The molecule has 12 heteroatoms. The Morgan fingerprint density at radius 1 is 1.03 bits per heavy atom. The maximum Gasteiger partial charge on any atom is 0.419 e. The molecule has 0 saturated heterocycles. The van der Waals surface area contributed by atoms with Gasteiger partial charge in [-0.25, -0.2) is 4.39 Å². The van der Waals surface area contributed by atoms with Crippen LogP contribution in [0.5, 0.6) is 0 Å². The summed E-state index contributed by atoms with van der Waals surface area (Å²) in [6.07, 6.45) is -3.39. The average Bonchev–Trinajstić information content (AvgIpc) is 3.29. The predicted octanol–water partition coefficient (Wildman–Crippen LogP) is 4.02. The average molecular weight is 507 g/mol. The molecule has 0 unspecified atom stereocenters. The number of hydrogen-bond donors (Lipinski definition) is 2. The van der Waals surface area contributed by atoms with E-state index >= 15 is 0 Å². The number of halogens is 4. The number of anilines is 1. The number of hydrogen-bond acceptors (Lipinski definition) is 4. The highest BCUT2D eigenvalue weighted by Crippen LogP contribution is 2.33. The molecule has 2 aromatic heterocycles. The number of aromatic nitrogens is 3. The van der Waals surface area contributed by atoms with Crippen LogP contribution in [0, 0.1) is 19.7 Å². The molecule has 36 heavy (non-hydrogen) atoms. The Morgan fingerprint density at radius 3 is 2.22 bits per heavy atom. The minimum atomic E-state index is -4.95. The SMILES string of the molecule is Cc1c(C(=O)C(=O)NC(C)(C)c2ccnn2C)c(C)n(C)c1C(=O)Nc1ccc(F)c(C(F)(F)F)c1. The number of carbonyl (C=O) groups is 3. The summed E-state index contributed by atoms with van der Waals surface area (Å²) in [6.45, 7) is 6.41. The fourth-order valence-electron chi connectivity index (χ4n) is 4.15. The Kier molecular flexibility index (Phi) is 6.84. The van der Waals surface area contributed by atoms with E-state index in [1.807, 2.05) is 0 Å². The summed E-state index contributed by atoms with van der Waals surface area (Å²) in [5, 5.41) is 9.04. The molecule has 0 aliphatic carbocycles. The van der Waals surface area contributed by atoms with Gasteiger partial charge in [0.25, 0.3) is 17.6 Å². The van der Waals surface area contributed by atoms with E-state index in [9.17, 15) is 31.9 Å². The number of alkyl halides is 3. The molecular weight excluding hydrogens is 482 g/mol. The smallest absolute Gasteiger partial charge is 0.343 e. The van der Waals surface area contributed by atoms with E-state index < -0.39 is 40.7 Å². The van der Waals surface area contributed by atoms with Crippen molar-refractivity contribution in [1.29, 1.82) is 0 Å². The van der Waals surface area contributed by atoms with Gasteiger partial charge in [0.1, 0.15) is 11.5 Å². The van der Waals surface area contributed by atoms with Gasteiger partial charge in [-0.15, -0.1) is 0 Å². The summed E-state index contributed by atoms with van der Waals surface area (Å²) in [5.74, 6) is -4.08. The van der Waals surface area contributed by atoms with Gasteiger partial charge in [0, 0.05) is 31.7 Å². The van der Waals surface area contributed by atoms with Gasteiger partial charge >= 0.3 is 6.18 Å². The van der Waals surface area contributed by atoms with E-state index in [0.717, 1.165) is 6.07 Å². The number of carbonyl (C=O) groups excluding carboxylic acids is 3. The number of amides is 2. The van der Waals surface area contributed by atoms with Gasteiger partial charge in [0.05, 0.1) is 22.4 Å². The molecule has 8 nitrogen and oxygen atoms in total. The molecule has 2 heterocycles. The molecule has 0 radical (unpaired) electrons. The van der Waals surface area contributed by atoms with Crippen molar-refractivity contribution in [3.63, 3.8) is 0 Å². The maximum atomic E-state index is 13.6. The Balaban J connectivity index is 1.90. The van der Waals surface area contributed by atoms with Crippen molar-refractivity contribution in [1.82, 2.24) is 19.7 Å². The summed E-state index contributed by atoms with van der Waals surface area (Å²) in [5.41, 5.74) is -1.64. The largest absolute Gasteiger partial charge is 0.419 e. The van der Waals surface area contributed by atoms with E-state index in [0.29, 0.717) is 23.5 Å². The van der Waals surface area contributed by atoms with Gasteiger partial charge in [0.2, 0.25) is 0 Å². The fourth-order valence-corrected chi connectivity index (χ4v) is 4.15. The first-order chi connectivity index (χ1) is 16.6. The zero-order valence-electron chi connectivity index (χ0n) is 20.5. The van der Waals surface area contributed by atoms with Gasteiger partial charge in [-0.2, -0.15) is 18.3 Å². The third-order valence-electron chi connectivity index (χ3n) is 6.00. The van der Waals surface area contributed by atoms with Gasteiger partial charge in [-0.1, -0.05) is 0 Å². The topological polar surface area (TPSA) is 98.0 Å². The lowest BCUT2D eigenvalue weighted by atomic mass is 9.98.